The van der Waals surface area contributed by atoms with E-state index in [9.17, 15) is 4.79 Å². The molecule has 1 atom stereocenters. The second-order valence-electron chi connectivity index (χ2n) is 2.08. The van der Waals surface area contributed by atoms with Gasteiger partial charge in [-0.1, -0.05) is 0 Å². The molecule has 0 rings (SSSR count). The van der Waals surface area contributed by atoms with Crippen LogP contribution in [0.4, 0.5) is 0 Å². The van der Waals surface area contributed by atoms with Crippen molar-refractivity contribution in [2.45, 2.75) is 13.0 Å². The number of hydrogen-bond acceptors (Lipinski definition) is 3. The van der Waals surface area contributed by atoms with Gasteiger partial charge in [0.2, 0.25) is 5.91 Å². The van der Waals surface area contributed by atoms with E-state index in [-0.39, 0.29) is 11.9 Å². The largest absolute Gasteiger partial charge is 0.358 e. The van der Waals surface area contributed by atoms with Crippen molar-refractivity contribution >= 4 is 5.91 Å². The summed E-state index contributed by atoms with van der Waals surface area (Å²) in [4.78, 5) is 10.8. The standard InChI is InChI=1S/C6H15N3O/c1-5(6(10)8-2)9-4-3-7/h5,9H,3-4,7H2,1-2H3,(H,8,10). The van der Waals surface area contributed by atoms with Crippen molar-refractivity contribution in [2.75, 3.05) is 20.1 Å². The van der Waals surface area contributed by atoms with Crippen LogP contribution in [0, 0.1) is 0 Å². The average Bonchev–Trinajstić information content (AvgIpc) is 1.98. The van der Waals surface area contributed by atoms with E-state index in [2.05, 4.69) is 10.6 Å². The zero-order valence-corrected chi connectivity index (χ0v) is 6.48. The fourth-order valence-corrected chi connectivity index (χ4v) is 0.609. The van der Waals surface area contributed by atoms with Gasteiger partial charge in [0.05, 0.1) is 6.04 Å². The van der Waals surface area contributed by atoms with Gasteiger partial charge in [-0.25, -0.2) is 0 Å². The first-order chi connectivity index (χ1) is 4.72. The number of carbonyl (C=O) groups is 1. The summed E-state index contributed by atoms with van der Waals surface area (Å²) in [7, 11) is 1.61. The molecule has 60 valence electrons. The Labute approximate surface area is 61.2 Å². The van der Waals surface area contributed by atoms with E-state index in [1.807, 2.05) is 0 Å². The lowest BCUT2D eigenvalue weighted by Gasteiger charge is -2.10. The molecule has 4 nitrogen and oxygen atoms in total. The van der Waals surface area contributed by atoms with Crippen molar-refractivity contribution in [1.29, 1.82) is 0 Å². The third kappa shape index (κ3) is 3.42. The molecule has 0 bridgehead atoms. The van der Waals surface area contributed by atoms with Crippen molar-refractivity contribution < 1.29 is 4.79 Å². The summed E-state index contributed by atoms with van der Waals surface area (Å²) >= 11 is 0. The highest BCUT2D eigenvalue weighted by atomic mass is 16.2. The number of nitrogens with one attached hydrogen (secondary N) is 2. The first-order valence-corrected chi connectivity index (χ1v) is 3.37. The number of carbonyl (C=O) groups excluding carboxylic acids is 1. The summed E-state index contributed by atoms with van der Waals surface area (Å²) in [6, 6.07) is -0.145. The number of likely N-dealkylation sites (N-methyl/N-ethyl adjacent to an activating group) is 1. The summed E-state index contributed by atoms with van der Waals surface area (Å²) in [5.74, 6) is -0.00606. The van der Waals surface area contributed by atoms with E-state index in [1.165, 1.54) is 0 Å². The van der Waals surface area contributed by atoms with Gasteiger partial charge in [-0.2, -0.15) is 0 Å². The lowest BCUT2D eigenvalue weighted by molar-refractivity contribution is -0.122. The van der Waals surface area contributed by atoms with Gasteiger partial charge in [0, 0.05) is 20.1 Å². The number of amides is 1. The van der Waals surface area contributed by atoms with Crippen molar-refractivity contribution in [3.63, 3.8) is 0 Å². The molecule has 0 aliphatic carbocycles. The molecule has 0 aromatic carbocycles. The Morgan fingerprint density at radius 3 is 2.70 bits per heavy atom. The van der Waals surface area contributed by atoms with Crippen molar-refractivity contribution in [3.05, 3.63) is 0 Å². The van der Waals surface area contributed by atoms with Crippen molar-refractivity contribution in [3.8, 4) is 0 Å². The maximum atomic E-state index is 10.8. The van der Waals surface area contributed by atoms with Crippen LogP contribution in [0.25, 0.3) is 0 Å². The quantitative estimate of drug-likeness (QED) is 0.459. The molecule has 0 aromatic heterocycles. The minimum atomic E-state index is -0.145. The lowest BCUT2D eigenvalue weighted by atomic mass is 10.3. The fraction of sp³-hybridized carbons (Fsp3) is 0.833. The van der Waals surface area contributed by atoms with Gasteiger partial charge in [0.15, 0.2) is 0 Å². The van der Waals surface area contributed by atoms with Gasteiger partial charge < -0.3 is 16.4 Å². The van der Waals surface area contributed by atoms with Crippen LogP contribution >= 0.6 is 0 Å². The van der Waals surface area contributed by atoms with Crippen LogP contribution in [-0.4, -0.2) is 32.1 Å². The van der Waals surface area contributed by atoms with Crippen molar-refractivity contribution in [2.24, 2.45) is 5.73 Å². The van der Waals surface area contributed by atoms with E-state index in [0.29, 0.717) is 13.1 Å². The fourth-order valence-electron chi connectivity index (χ4n) is 0.609. The molecule has 1 amide bonds. The molecule has 0 aliphatic heterocycles. The highest BCUT2D eigenvalue weighted by molar-refractivity contribution is 5.80. The molecule has 4 heteroatoms. The molecule has 0 radical (unpaired) electrons. The van der Waals surface area contributed by atoms with Gasteiger partial charge in [-0.3, -0.25) is 4.79 Å². The highest BCUT2D eigenvalue weighted by Gasteiger charge is 2.07. The summed E-state index contributed by atoms with van der Waals surface area (Å²) in [6.45, 7) is 3.03. The zero-order chi connectivity index (χ0) is 7.98. The molecule has 4 N–H and O–H groups in total. The van der Waals surface area contributed by atoms with Crippen LogP contribution in [0.5, 0.6) is 0 Å². The molecule has 0 fully saturated rings. The molecular weight excluding hydrogens is 130 g/mol. The summed E-state index contributed by atoms with van der Waals surface area (Å²) < 4.78 is 0. The second-order valence-corrected chi connectivity index (χ2v) is 2.08. The minimum absolute atomic E-state index is 0.00606. The third-order valence-electron chi connectivity index (χ3n) is 1.23. The maximum absolute atomic E-state index is 10.8. The van der Waals surface area contributed by atoms with Gasteiger partial charge in [0.25, 0.3) is 0 Å². The summed E-state index contributed by atoms with van der Waals surface area (Å²) in [6.07, 6.45) is 0. The van der Waals surface area contributed by atoms with Crippen LogP contribution in [0.3, 0.4) is 0 Å². The average molecular weight is 145 g/mol. The van der Waals surface area contributed by atoms with E-state index in [4.69, 9.17) is 5.73 Å². The molecule has 0 spiro atoms. The first kappa shape index (κ1) is 9.39. The van der Waals surface area contributed by atoms with E-state index >= 15 is 0 Å². The Morgan fingerprint density at radius 1 is 1.70 bits per heavy atom. The second kappa shape index (κ2) is 5.20. The molecule has 0 aliphatic rings. The maximum Gasteiger partial charge on any atom is 0.236 e. The van der Waals surface area contributed by atoms with Gasteiger partial charge in [-0.05, 0) is 6.92 Å². The molecule has 1 unspecified atom stereocenters. The molecule has 0 heterocycles. The number of nitrogens with two attached hydrogens (primary N) is 1. The lowest BCUT2D eigenvalue weighted by Crippen LogP contribution is -2.42. The highest BCUT2D eigenvalue weighted by Crippen LogP contribution is 1.77. The first-order valence-electron chi connectivity index (χ1n) is 3.37. The number of hydrogen-bond donors (Lipinski definition) is 3. The molecule has 0 aromatic rings. The monoisotopic (exact) mass is 145 g/mol. The minimum Gasteiger partial charge on any atom is -0.358 e. The van der Waals surface area contributed by atoms with E-state index in [1.54, 1.807) is 14.0 Å². The van der Waals surface area contributed by atoms with Crippen LogP contribution < -0.4 is 16.4 Å². The Kier molecular flexibility index (Phi) is 4.88. The van der Waals surface area contributed by atoms with E-state index < -0.39 is 0 Å². The van der Waals surface area contributed by atoms with Gasteiger partial charge >= 0.3 is 0 Å². The number of rotatable bonds is 4. The predicted octanol–water partition coefficient (Wildman–Crippen LogP) is -1.33. The van der Waals surface area contributed by atoms with Crippen LogP contribution in [0.2, 0.25) is 0 Å². The zero-order valence-electron chi connectivity index (χ0n) is 6.48. The van der Waals surface area contributed by atoms with Gasteiger partial charge in [-0.15, -0.1) is 0 Å². The SMILES string of the molecule is CNC(=O)C(C)NCCN. The van der Waals surface area contributed by atoms with Crippen molar-refractivity contribution in [1.82, 2.24) is 10.6 Å². The molecular formula is C6H15N3O. The third-order valence-corrected chi connectivity index (χ3v) is 1.23. The Bertz CT molecular complexity index is 105. The normalized spacial score (nSPS) is 12.7. The van der Waals surface area contributed by atoms with Crippen LogP contribution in [0.1, 0.15) is 6.92 Å². The molecule has 0 saturated carbocycles. The Morgan fingerprint density at radius 2 is 2.30 bits per heavy atom. The van der Waals surface area contributed by atoms with Crippen LogP contribution in [-0.2, 0) is 4.79 Å². The van der Waals surface area contributed by atoms with Crippen LogP contribution in [0.15, 0.2) is 0 Å². The Hall–Kier alpha value is -0.610. The Balaban J connectivity index is 3.41. The summed E-state index contributed by atoms with van der Waals surface area (Å²) in [5.41, 5.74) is 5.22. The van der Waals surface area contributed by atoms with Gasteiger partial charge in [0.1, 0.15) is 0 Å². The summed E-state index contributed by atoms with van der Waals surface area (Å²) in [5, 5.41) is 5.48. The smallest absolute Gasteiger partial charge is 0.236 e. The molecule has 0 saturated heterocycles. The molecule has 10 heavy (non-hydrogen) atoms. The topological polar surface area (TPSA) is 67.2 Å². The predicted molar refractivity (Wildman–Crippen MR) is 40.6 cm³/mol. The van der Waals surface area contributed by atoms with E-state index in [0.717, 1.165) is 0 Å².